The van der Waals surface area contributed by atoms with Gasteiger partial charge in [-0.1, -0.05) is 30.3 Å². The number of nitriles is 2. The summed E-state index contributed by atoms with van der Waals surface area (Å²) in [6.45, 7) is 3.19. The van der Waals surface area contributed by atoms with Crippen LogP contribution in [0.5, 0.6) is 0 Å². The van der Waals surface area contributed by atoms with Crippen molar-refractivity contribution in [3.8, 4) is 23.4 Å². The van der Waals surface area contributed by atoms with Gasteiger partial charge in [-0.05, 0) is 25.3 Å². The van der Waals surface area contributed by atoms with Gasteiger partial charge in [0.2, 0.25) is 0 Å². The second-order valence-electron chi connectivity index (χ2n) is 5.79. The number of benzene rings is 1. The van der Waals surface area contributed by atoms with Gasteiger partial charge in [-0.15, -0.1) is 0 Å². The van der Waals surface area contributed by atoms with E-state index in [1.165, 1.54) is 0 Å². The molecule has 0 spiro atoms. The van der Waals surface area contributed by atoms with Crippen molar-refractivity contribution in [2.75, 3.05) is 18.5 Å². The van der Waals surface area contributed by atoms with Gasteiger partial charge < -0.3 is 10.1 Å². The predicted molar refractivity (Wildman–Crippen MR) is 91.3 cm³/mol. The van der Waals surface area contributed by atoms with Crippen LogP contribution in [0.15, 0.2) is 30.3 Å². The fraction of sp³-hybridized carbons (Fsp3) is 0.316. The molecule has 1 aromatic heterocycles. The van der Waals surface area contributed by atoms with E-state index in [9.17, 15) is 10.5 Å². The normalized spacial score (nSPS) is 16.4. The summed E-state index contributed by atoms with van der Waals surface area (Å²) in [5.41, 5.74) is 3.05. The van der Waals surface area contributed by atoms with Crippen molar-refractivity contribution in [2.45, 2.75) is 25.9 Å². The van der Waals surface area contributed by atoms with Crippen molar-refractivity contribution in [3.05, 3.63) is 47.0 Å². The van der Waals surface area contributed by atoms with Crippen molar-refractivity contribution in [1.29, 1.82) is 10.5 Å². The summed E-state index contributed by atoms with van der Waals surface area (Å²) in [5, 5.41) is 22.2. The molecule has 0 bridgehead atoms. The molecule has 1 aliphatic heterocycles. The lowest BCUT2D eigenvalue weighted by atomic mass is 9.99. The Morgan fingerprint density at radius 3 is 2.58 bits per heavy atom. The van der Waals surface area contributed by atoms with E-state index in [2.05, 4.69) is 22.4 Å². The molecular formula is C19H18N4O. The molecule has 5 heteroatoms. The number of nitrogens with one attached hydrogen (secondary N) is 1. The summed E-state index contributed by atoms with van der Waals surface area (Å²) in [7, 11) is 0. The molecule has 120 valence electrons. The van der Waals surface area contributed by atoms with Gasteiger partial charge in [0.05, 0.1) is 17.4 Å². The molecule has 1 aromatic carbocycles. The number of aromatic nitrogens is 1. The Hall–Kier alpha value is -2.89. The molecule has 1 unspecified atom stereocenters. The highest BCUT2D eigenvalue weighted by molar-refractivity contribution is 5.73. The van der Waals surface area contributed by atoms with E-state index in [1.807, 2.05) is 37.3 Å². The average molecular weight is 318 g/mol. The van der Waals surface area contributed by atoms with Crippen LogP contribution >= 0.6 is 0 Å². The smallest absolute Gasteiger partial charge is 0.146 e. The van der Waals surface area contributed by atoms with E-state index in [1.54, 1.807) is 0 Å². The van der Waals surface area contributed by atoms with Crippen LogP contribution in [0.25, 0.3) is 11.3 Å². The Kier molecular flexibility index (Phi) is 4.74. The van der Waals surface area contributed by atoms with Gasteiger partial charge >= 0.3 is 0 Å². The minimum atomic E-state index is 0.130. The van der Waals surface area contributed by atoms with Gasteiger partial charge in [-0.3, -0.25) is 0 Å². The molecule has 2 aromatic rings. The van der Waals surface area contributed by atoms with E-state index in [4.69, 9.17) is 4.74 Å². The first-order chi connectivity index (χ1) is 11.7. The van der Waals surface area contributed by atoms with E-state index in [-0.39, 0.29) is 6.10 Å². The standard InChI is InChI=1S/C19H18N4O/c1-13-16(10-20)17(11-21)19(22-12-15-8-5-9-24-15)23-18(13)14-6-3-2-4-7-14/h2-4,6-7,15H,5,8-9,12H2,1H3,(H,22,23). The van der Waals surface area contributed by atoms with Gasteiger partial charge in [0.15, 0.2) is 0 Å². The molecule has 3 rings (SSSR count). The van der Waals surface area contributed by atoms with Gasteiger partial charge in [0.1, 0.15) is 23.5 Å². The summed E-state index contributed by atoms with van der Waals surface area (Å²) >= 11 is 0. The Bertz CT molecular complexity index is 812. The number of rotatable bonds is 4. The van der Waals surface area contributed by atoms with Crippen LogP contribution in [0.4, 0.5) is 5.82 Å². The van der Waals surface area contributed by atoms with Gasteiger partial charge in [0.25, 0.3) is 0 Å². The number of anilines is 1. The average Bonchev–Trinajstić information content (AvgIpc) is 3.14. The first-order valence-electron chi connectivity index (χ1n) is 8.00. The molecule has 0 saturated carbocycles. The number of ether oxygens (including phenoxy) is 1. The molecule has 0 radical (unpaired) electrons. The monoisotopic (exact) mass is 318 g/mol. The first-order valence-corrected chi connectivity index (χ1v) is 8.00. The van der Waals surface area contributed by atoms with Crippen LogP contribution in [0.1, 0.15) is 29.5 Å². The molecule has 5 nitrogen and oxygen atoms in total. The van der Waals surface area contributed by atoms with Crippen LogP contribution < -0.4 is 5.32 Å². The van der Waals surface area contributed by atoms with E-state index >= 15 is 0 Å². The van der Waals surface area contributed by atoms with Crippen LogP contribution in [-0.2, 0) is 4.74 Å². The van der Waals surface area contributed by atoms with Crippen molar-refractivity contribution in [2.24, 2.45) is 0 Å². The molecule has 0 aliphatic carbocycles. The Balaban J connectivity index is 2.03. The SMILES string of the molecule is Cc1c(-c2ccccc2)nc(NCC2CCCO2)c(C#N)c1C#N. The second-order valence-corrected chi connectivity index (χ2v) is 5.79. The van der Waals surface area contributed by atoms with E-state index in [0.717, 1.165) is 36.3 Å². The molecule has 2 heterocycles. The quantitative estimate of drug-likeness (QED) is 0.934. The zero-order valence-electron chi connectivity index (χ0n) is 13.5. The van der Waals surface area contributed by atoms with E-state index < -0.39 is 0 Å². The molecule has 24 heavy (non-hydrogen) atoms. The topological polar surface area (TPSA) is 81.7 Å². The first kappa shape index (κ1) is 16.0. The largest absolute Gasteiger partial charge is 0.376 e. The fourth-order valence-electron chi connectivity index (χ4n) is 2.95. The third-order valence-electron chi connectivity index (χ3n) is 4.23. The van der Waals surface area contributed by atoms with Gasteiger partial charge in [0, 0.05) is 18.7 Å². The molecule has 1 fully saturated rings. The minimum Gasteiger partial charge on any atom is -0.376 e. The van der Waals surface area contributed by atoms with Crippen molar-refractivity contribution in [1.82, 2.24) is 4.98 Å². The van der Waals surface area contributed by atoms with Gasteiger partial charge in [-0.2, -0.15) is 10.5 Å². The summed E-state index contributed by atoms with van der Waals surface area (Å²) < 4.78 is 5.61. The molecule has 1 N–H and O–H groups in total. The van der Waals surface area contributed by atoms with Crippen molar-refractivity contribution >= 4 is 5.82 Å². The number of hydrogen-bond donors (Lipinski definition) is 1. The highest BCUT2D eigenvalue weighted by Crippen LogP contribution is 2.29. The lowest BCUT2D eigenvalue weighted by Crippen LogP contribution is -2.20. The molecule has 1 atom stereocenters. The maximum absolute atomic E-state index is 9.52. The molecule has 0 amide bonds. The lowest BCUT2D eigenvalue weighted by Gasteiger charge is -2.16. The molecule has 1 aliphatic rings. The number of pyridine rings is 1. The third-order valence-corrected chi connectivity index (χ3v) is 4.23. The summed E-state index contributed by atoms with van der Waals surface area (Å²) in [6.07, 6.45) is 2.18. The Labute approximate surface area is 141 Å². The van der Waals surface area contributed by atoms with E-state index in [0.29, 0.717) is 23.5 Å². The van der Waals surface area contributed by atoms with Crippen LogP contribution in [0.3, 0.4) is 0 Å². The highest BCUT2D eigenvalue weighted by atomic mass is 16.5. The zero-order chi connectivity index (χ0) is 16.9. The lowest BCUT2D eigenvalue weighted by molar-refractivity contribution is 0.120. The highest BCUT2D eigenvalue weighted by Gasteiger charge is 2.20. The predicted octanol–water partition coefficient (Wildman–Crippen LogP) is 3.39. The Morgan fingerprint density at radius 1 is 1.21 bits per heavy atom. The van der Waals surface area contributed by atoms with Crippen LogP contribution in [-0.4, -0.2) is 24.2 Å². The fourth-order valence-corrected chi connectivity index (χ4v) is 2.95. The summed E-state index contributed by atoms with van der Waals surface area (Å²) in [5.74, 6) is 0.453. The maximum atomic E-state index is 9.52. The van der Waals surface area contributed by atoms with Gasteiger partial charge in [-0.25, -0.2) is 4.98 Å². The number of hydrogen-bond acceptors (Lipinski definition) is 5. The van der Waals surface area contributed by atoms with Crippen LogP contribution in [0, 0.1) is 29.6 Å². The summed E-state index contributed by atoms with van der Waals surface area (Å²) in [4.78, 5) is 4.64. The minimum absolute atomic E-state index is 0.130. The number of nitrogens with zero attached hydrogens (tertiary/aromatic N) is 3. The Morgan fingerprint density at radius 2 is 1.96 bits per heavy atom. The summed E-state index contributed by atoms with van der Waals surface area (Å²) in [6, 6.07) is 14.0. The second kappa shape index (κ2) is 7.12. The third kappa shape index (κ3) is 3.08. The van der Waals surface area contributed by atoms with Crippen molar-refractivity contribution in [3.63, 3.8) is 0 Å². The zero-order valence-corrected chi connectivity index (χ0v) is 13.5. The maximum Gasteiger partial charge on any atom is 0.146 e. The molecule has 1 saturated heterocycles. The van der Waals surface area contributed by atoms with Crippen LogP contribution in [0.2, 0.25) is 0 Å². The molecular weight excluding hydrogens is 300 g/mol. The van der Waals surface area contributed by atoms with Crippen molar-refractivity contribution < 1.29 is 4.74 Å².